The molecule has 0 bridgehead atoms. The molecule has 8 nitrogen and oxygen atoms in total. The number of ether oxygens (including phenoxy) is 1. The molecular weight excluding hydrogens is 324 g/mol. The Morgan fingerprint density at radius 3 is 2.30 bits per heavy atom. The van der Waals surface area contributed by atoms with E-state index < -0.39 is 18.0 Å². The van der Waals surface area contributed by atoms with Crippen molar-refractivity contribution in [2.45, 2.75) is 32.4 Å². The molecule has 0 aliphatic heterocycles. The number of hydrogen-bond acceptors (Lipinski definition) is 7. The quantitative estimate of drug-likeness (QED) is 0.538. The molecule has 130 valence electrons. The minimum absolute atomic E-state index is 0.0160. The van der Waals surface area contributed by atoms with Gasteiger partial charge in [-0.1, -0.05) is 11.3 Å². The topological polar surface area (TPSA) is 129 Å². The molecule has 0 radical (unpaired) electrons. The number of nitrogens with one attached hydrogen (secondary N) is 1. The maximum absolute atomic E-state index is 9.60. The smallest absolute Gasteiger partial charge is 0.328 e. The highest BCUT2D eigenvalue weighted by molar-refractivity contribution is 7.11. The number of nitrogens with zero attached hydrogens (tertiary/aromatic N) is 1. The third-order valence-corrected chi connectivity index (χ3v) is 2.73. The molecule has 23 heavy (non-hydrogen) atoms. The van der Waals surface area contributed by atoms with Crippen LogP contribution in [0.4, 0.5) is 0 Å². The van der Waals surface area contributed by atoms with Gasteiger partial charge in [-0.05, 0) is 20.8 Å². The summed E-state index contributed by atoms with van der Waals surface area (Å²) < 4.78 is 5.29. The van der Waals surface area contributed by atoms with Gasteiger partial charge in [-0.25, -0.2) is 14.6 Å². The Bertz CT molecular complexity index is 480. The molecular formula is C14H22N2O6S. The number of rotatable bonds is 7. The average molecular weight is 346 g/mol. The number of carboxylic acid groups (broad SMARTS) is 2. The van der Waals surface area contributed by atoms with Gasteiger partial charge in [0.1, 0.15) is 12.7 Å². The van der Waals surface area contributed by atoms with E-state index in [4.69, 9.17) is 14.9 Å². The summed E-state index contributed by atoms with van der Waals surface area (Å²) in [4.78, 5) is 23.1. The molecule has 1 aromatic heterocycles. The summed E-state index contributed by atoms with van der Waals surface area (Å²) in [6.45, 7) is 6.97. The average Bonchev–Trinajstić information content (AvgIpc) is 2.94. The van der Waals surface area contributed by atoms with Crippen LogP contribution < -0.4 is 10.1 Å². The van der Waals surface area contributed by atoms with Crippen LogP contribution in [0, 0.1) is 0 Å². The second-order valence-corrected chi connectivity index (χ2v) is 6.26. The standard InChI is InChI=1S/C10H18N2O2S.C4H4O4/c1-10(2,3)12-6-8(13)7-14-9-11-4-5-15-9;5-3(6)1-2-4(7)8/h4-5,8,12-13H,6-7H2,1-3H3;1-2H,(H,5,6)(H,7,8). The highest BCUT2D eigenvalue weighted by atomic mass is 32.1. The number of aliphatic hydroxyl groups is 1. The number of thiazole rings is 1. The Balaban J connectivity index is 0.000000515. The molecule has 0 aliphatic carbocycles. The normalized spacial score (nSPS) is 12.3. The van der Waals surface area contributed by atoms with Crippen molar-refractivity contribution in [2.75, 3.05) is 13.2 Å². The van der Waals surface area contributed by atoms with E-state index in [1.807, 2.05) is 5.38 Å². The molecule has 1 unspecified atom stereocenters. The van der Waals surface area contributed by atoms with Gasteiger partial charge in [0.2, 0.25) is 0 Å². The molecule has 0 amide bonds. The first-order valence-corrected chi connectivity index (χ1v) is 7.57. The minimum atomic E-state index is -1.26. The van der Waals surface area contributed by atoms with Gasteiger partial charge in [0.05, 0.1) is 0 Å². The molecule has 0 aromatic carbocycles. The third kappa shape index (κ3) is 14.7. The lowest BCUT2D eigenvalue weighted by molar-refractivity contribution is -0.134. The summed E-state index contributed by atoms with van der Waals surface area (Å²) in [6, 6.07) is 0. The van der Waals surface area contributed by atoms with Gasteiger partial charge >= 0.3 is 11.9 Å². The monoisotopic (exact) mass is 346 g/mol. The summed E-state index contributed by atoms with van der Waals surface area (Å²) in [5.41, 5.74) is 0.0160. The summed E-state index contributed by atoms with van der Waals surface area (Å²) >= 11 is 1.42. The van der Waals surface area contributed by atoms with E-state index in [1.54, 1.807) is 6.20 Å². The van der Waals surface area contributed by atoms with Crippen molar-refractivity contribution in [1.82, 2.24) is 10.3 Å². The molecule has 1 atom stereocenters. The van der Waals surface area contributed by atoms with E-state index in [1.165, 1.54) is 11.3 Å². The van der Waals surface area contributed by atoms with Crippen molar-refractivity contribution < 1.29 is 29.6 Å². The van der Waals surface area contributed by atoms with Crippen LogP contribution in [-0.2, 0) is 9.59 Å². The zero-order valence-corrected chi connectivity index (χ0v) is 14.0. The molecule has 0 aliphatic rings. The molecule has 0 fully saturated rings. The van der Waals surface area contributed by atoms with E-state index in [-0.39, 0.29) is 12.1 Å². The van der Waals surface area contributed by atoms with Gasteiger partial charge in [0, 0.05) is 35.8 Å². The maximum Gasteiger partial charge on any atom is 0.328 e. The second-order valence-electron chi connectivity index (χ2n) is 5.40. The first-order valence-electron chi connectivity index (χ1n) is 6.69. The van der Waals surface area contributed by atoms with Gasteiger partial charge in [-0.2, -0.15) is 0 Å². The van der Waals surface area contributed by atoms with Crippen LogP contribution in [0.1, 0.15) is 20.8 Å². The number of carbonyl (C=O) groups is 2. The first kappa shape index (κ1) is 21.0. The number of carboxylic acids is 2. The van der Waals surface area contributed by atoms with Crippen LogP contribution in [0.25, 0.3) is 0 Å². The van der Waals surface area contributed by atoms with Crippen molar-refractivity contribution in [1.29, 1.82) is 0 Å². The third-order valence-electron chi connectivity index (χ3n) is 2.05. The number of aliphatic carboxylic acids is 2. The summed E-state index contributed by atoms with van der Waals surface area (Å²) in [7, 11) is 0. The van der Waals surface area contributed by atoms with Crippen molar-refractivity contribution >= 4 is 23.3 Å². The molecule has 9 heteroatoms. The molecule has 1 rings (SSSR count). The Kier molecular flexibility index (Phi) is 9.79. The fourth-order valence-electron chi connectivity index (χ4n) is 1.07. The Morgan fingerprint density at radius 2 is 1.91 bits per heavy atom. The van der Waals surface area contributed by atoms with Crippen LogP contribution >= 0.6 is 11.3 Å². The van der Waals surface area contributed by atoms with Crippen molar-refractivity contribution in [3.8, 4) is 5.19 Å². The number of aliphatic hydroxyl groups excluding tert-OH is 1. The van der Waals surface area contributed by atoms with Crippen LogP contribution in [0.3, 0.4) is 0 Å². The fourth-order valence-corrected chi connectivity index (χ4v) is 1.57. The van der Waals surface area contributed by atoms with E-state index in [0.717, 1.165) is 0 Å². The number of β-amino-alcohol motifs (C(OH)–C–C–N with tert-alkyl or cyclic N) is 1. The lowest BCUT2D eigenvalue weighted by Crippen LogP contribution is -2.42. The first-order chi connectivity index (χ1) is 10.6. The summed E-state index contributed by atoms with van der Waals surface area (Å²) in [5.74, 6) is -2.51. The van der Waals surface area contributed by atoms with Crippen LogP contribution in [-0.4, -0.2) is 57.0 Å². The minimum Gasteiger partial charge on any atom is -0.478 e. The summed E-state index contributed by atoms with van der Waals surface area (Å²) in [6.07, 6.45) is 2.29. The number of hydrogen-bond donors (Lipinski definition) is 4. The van der Waals surface area contributed by atoms with Crippen LogP contribution in [0.2, 0.25) is 0 Å². The molecule has 1 aromatic rings. The SMILES string of the molecule is CC(C)(C)NCC(O)COc1nccs1.O=C(O)C=CC(=O)O. The van der Waals surface area contributed by atoms with Gasteiger partial charge in [0.15, 0.2) is 0 Å². The van der Waals surface area contributed by atoms with Gasteiger partial charge in [0.25, 0.3) is 5.19 Å². The van der Waals surface area contributed by atoms with Crippen molar-refractivity contribution in [3.63, 3.8) is 0 Å². The van der Waals surface area contributed by atoms with E-state index in [9.17, 15) is 14.7 Å². The van der Waals surface area contributed by atoms with Crippen LogP contribution in [0.15, 0.2) is 23.7 Å². The van der Waals surface area contributed by atoms with Crippen molar-refractivity contribution in [3.05, 3.63) is 23.7 Å². The maximum atomic E-state index is 9.60. The Hall–Kier alpha value is -1.97. The predicted octanol–water partition coefficient (Wildman–Crippen LogP) is 0.983. The van der Waals surface area contributed by atoms with E-state index >= 15 is 0 Å². The lowest BCUT2D eigenvalue weighted by Gasteiger charge is -2.22. The highest BCUT2D eigenvalue weighted by Gasteiger charge is 2.12. The lowest BCUT2D eigenvalue weighted by atomic mass is 10.1. The van der Waals surface area contributed by atoms with Gasteiger partial charge in [-0.3, -0.25) is 0 Å². The molecule has 0 spiro atoms. The zero-order valence-electron chi connectivity index (χ0n) is 13.2. The highest BCUT2D eigenvalue weighted by Crippen LogP contribution is 2.13. The largest absolute Gasteiger partial charge is 0.478 e. The van der Waals surface area contributed by atoms with Crippen molar-refractivity contribution in [2.24, 2.45) is 0 Å². The van der Waals surface area contributed by atoms with Crippen LogP contribution in [0.5, 0.6) is 5.19 Å². The second kappa shape index (κ2) is 10.7. The molecule has 0 saturated carbocycles. The number of aromatic nitrogens is 1. The van der Waals surface area contributed by atoms with E-state index in [0.29, 0.717) is 23.9 Å². The van der Waals surface area contributed by atoms with E-state index in [2.05, 4.69) is 31.1 Å². The predicted molar refractivity (Wildman–Crippen MR) is 85.8 cm³/mol. The fraction of sp³-hybridized carbons (Fsp3) is 0.500. The molecule has 4 N–H and O–H groups in total. The van der Waals surface area contributed by atoms with Gasteiger partial charge in [-0.15, -0.1) is 0 Å². The Labute approximate surface area is 138 Å². The zero-order chi connectivity index (χ0) is 17.9. The van der Waals surface area contributed by atoms with Gasteiger partial charge < -0.3 is 25.4 Å². The summed E-state index contributed by atoms with van der Waals surface area (Å²) in [5, 5.41) is 30.9. The molecule has 0 saturated heterocycles. The molecule has 1 heterocycles. The Morgan fingerprint density at radius 1 is 1.35 bits per heavy atom.